The highest BCUT2D eigenvalue weighted by molar-refractivity contribution is 6.15. The Kier molecular flexibility index (Phi) is 7.16. The van der Waals surface area contributed by atoms with Crippen LogP contribution in [0.5, 0.6) is 0 Å². The first-order valence-corrected chi connectivity index (χ1v) is 9.95. The third-order valence-corrected chi connectivity index (χ3v) is 4.88. The fourth-order valence-electron chi connectivity index (χ4n) is 3.18. The quantitative estimate of drug-likeness (QED) is 0.223. The molecule has 2 aromatic carbocycles. The smallest absolute Gasteiger partial charge is 0.339 e. The molecule has 1 aromatic heterocycles. The lowest BCUT2D eigenvalue weighted by molar-refractivity contribution is -0.384. The van der Waals surface area contributed by atoms with Crippen molar-refractivity contribution in [2.45, 2.75) is 0 Å². The molecule has 0 aliphatic rings. The summed E-state index contributed by atoms with van der Waals surface area (Å²) in [6.45, 7) is -0.750. The molecule has 0 aliphatic heterocycles. The van der Waals surface area contributed by atoms with Crippen LogP contribution in [0.3, 0.4) is 0 Å². The van der Waals surface area contributed by atoms with Crippen molar-refractivity contribution < 1.29 is 28.8 Å². The summed E-state index contributed by atoms with van der Waals surface area (Å²) in [5, 5.41) is 16.1. The number of carbonyl (C=O) groups excluding carboxylic acids is 4. The number of hydrogen-bond acceptors (Lipinski definition) is 8. The number of aromatic nitrogens is 1. The van der Waals surface area contributed by atoms with E-state index in [1.54, 1.807) is 19.3 Å². The van der Waals surface area contributed by atoms with Crippen LogP contribution in [0.1, 0.15) is 36.8 Å². The van der Waals surface area contributed by atoms with Crippen molar-refractivity contribution in [1.82, 2.24) is 9.88 Å². The fourth-order valence-corrected chi connectivity index (χ4v) is 3.18. The van der Waals surface area contributed by atoms with E-state index in [2.05, 4.69) is 10.6 Å². The first-order valence-electron chi connectivity index (χ1n) is 9.95. The predicted molar refractivity (Wildman–Crippen MR) is 121 cm³/mol. The second-order valence-corrected chi connectivity index (χ2v) is 7.07. The maximum atomic E-state index is 13.0. The summed E-state index contributed by atoms with van der Waals surface area (Å²) < 4.78 is 6.50. The largest absolute Gasteiger partial charge is 0.452 e. The van der Waals surface area contributed by atoms with Crippen LogP contribution >= 0.6 is 0 Å². The molecule has 0 bridgehead atoms. The van der Waals surface area contributed by atoms with Crippen LogP contribution in [0.2, 0.25) is 0 Å². The molecule has 0 saturated heterocycles. The highest BCUT2D eigenvalue weighted by atomic mass is 16.6. The molecule has 0 unspecified atom stereocenters. The molecule has 0 fully saturated rings. The minimum Gasteiger partial charge on any atom is -0.452 e. The van der Waals surface area contributed by atoms with Gasteiger partial charge < -0.3 is 14.6 Å². The van der Waals surface area contributed by atoms with E-state index in [1.807, 2.05) is 0 Å². The van der Waals surface area contributed by atoms with Gasteiger partial charge in [0.25, 0.3) is 17.5 Å². The molecule has 3 aromatic rings. The highest BCUT2D eigenvalue weighted by Crippen LogP contribution is 2.27. The van der Waals surface area contributed by atoms with E-state index >= 15 is 0 Å². The Morgan fingerprint density at radius 2 is 1.74 bits per heavy atom. The summed E-state index contributed by atoms with van der Waals surface area (Å²) in [5.41, 5.74) is -0.0160. The monoisotopic (exact) mass is 464 g/mol. The van der Waals surface area contributed by atoms with E-state index in [9.17, 15) is 29.3 Å². The Morgan fingerprint density at radius 3 is 2.35 bits per heavy atom. The molecule has 0 saturated carbocycles. The number of amides is 2. The number of nitrogens with one attached hydrogen (secondary N) is 2. The number of esters is 1. The molecule has 3 rings (SSSR count). The van der Waals surface area contributed by atoms with Crippen molar-refractivity contribution in [3.8, 4) is 0 Å². The van der Waals surface area contributed by atoms with E-state index < -0.39 is 35.1 Å². The summed E-state index contributed by atoms with van der Waals surface area (Å²) in [5.74, 6) is -3.11. The van der Waals surface area contributed by atoms with Crippen LogP contribution in [0.25, 0.3) is 0 Å². The second kappa shape index (κ2) is 10.2. The second-order valence-electron chi connectivity index (χ2n) is 7.07. The van der Waals surface area contributed by atoms with Gasteiger partial charge in [0.2, 0.25) is 0 Å². The van der Waals surface area contributed by atoms with E-state index in [-0.39, 0.29) is 33.8 Å². The number of ether oxygens (including phenoxy) is 1. The van der Waals surface area contributed by atoms with E-state index in [4.69, 9.17) is 4.74 Å². The van der Waals surface area contributed by atoms with Crippen molar-refractivity contribution >= 4 is 34.9 Å². The Hall–Kier alpha value is -4.80. The summed E-state index contributed by atoms with van der Waals surface area (Å²) in [6.07, 6.45) is 1.63. The summed E-state index contributed by atoms with van der Waals surface area (Å²) >= 11 is 0. The zero-order chi connectivity index (χ0) is 24.8. The zero-order valence-corrected chi connectivity index (χ0v) is 18.2. The number of nitro benzene ring substituents is 1. The number of hydrogen-bond donors (Lipinski definition) is 2. The third-order valence-electron chi connectivity index (χ3n) is 4.88. The minimum atomic E-state index is -0.966. The fraction of sp³-hybridized carbons (Fsp3) is 0.130. The summed E-state index contributed by atoms with van der Waals surface area (Å²) in [6, 6.07) is 12.8. The Balaban J connectivity index is 1.74. The molecular weight excluding hydrogens is 444 g/mol. The van der Waals surface area contributed by atoms with E-state index in [0.717, 1.165) is 6.07 Å². The van der Waals surface area contributed by atoms with Crippen molar-refractivity contribution in [2.75, 3.05) is 19.0 Å². The summed E-state index contributed by atoms with van der Waals surface area (Å²) in [7, 11) is 3.15. The van der Waals surface area contributed by atoms with Crippen LogP contribution in [-0.2, 0) is 16.6 Å². The molecule has 174 valence electrons. The van der Waals surface area contributed by atoms with Crippen LogP contribution in [-0.4, -0.2) is 46.7 Å². The van der Waals surface area contributed by atoms with Gasteiger partial charge in [0.05, 0.1) is 10.5 Å². The lowest BCUT2D eigenvalue weighted by atomic mass is 9.97. The van der Waals surface area contributed by atoms with Crippen molar-refractivity contribution in [3.63, 3.8) is 0 Å². The predicted octanol–water partition coefficient (Wildman–Crippen LogP) is 2.32. The van der Waals surface area contributed by atoms with Gasteiger partial charge in [0.15, 0.2) is 12.4 Å². The van der Waals surface area contributed by atoms with Gasteiger partial charge in [-0.25, -0.2) is 4.79 Å². The average molecular weight is 464 g/mol. The maximum absolute atomic E-state index is 13.0. The molecule has 0 aliphatic carbocycles. The van der Waals surface area contributed by atoms with Gasteiger partial charge in [-0.3, -0.25) is 29.8 Å². The molecule has 34 heavy (non-hydrogen) atoms. The molecular formula is C23H20N4O7. The molecule has 0 radical (unpaired) electrons. The molecule has 1 heterocycles. The minimum absolute atomic E-state index is 0.00291. The number of aryl methyl sites for hydroxylation is 1. The molecule has 0 spiro atoms. The number of imide groups is 1. The SMILES string of the molecule is CNc1ccc(C(=O)c2ccccc2C(=O)OCC(=O)NC(=O)c2cccn2C)cc1[N+](=O)[O-]. The topological polar surface area (TPSA) is 150 Å². The van der Waals surface area contributed by atoms with E-state index in [0.29, 0.717) is 0 Å². The van der Waals surface area contributed by atoms with Crippen molar-refractivity contribution in [1.29, 1.82) is 0 Å². The number of nitro groups is 1. The highest BCUT2D eigenvalue weighted by Gasteiger charge is 2.23. The van der Waals surface area contributed by atoms with E-state index in [1.165, 1.54) is 54.1 Å². The zero-order valence-electron chi connectivity index (χ0n) is 18.2. The van der Waals surface area contributed by atoms with Crippen LogP contribution in [0.15, 0.2) is 60.8 Å². The van der Waals surface area contributed by atoms with Gasteiger partial charge >= 0.3 is 5.97 Å². The number of benzene rings is 2. The molecule has 11 nitrogen and oxygen atoms in total. The Bertz CT molecular complexity index is 1300. The van der Waals surface area contributed by atoms with Crippen LogP contribution < -0.4 is 10.6 Å². The van der Waals surface area contributed by atoms with Crippen LogP contribution in [0, 0.1) is 10.1 Å². The number of carbonyl (C=O) groups is 4. The lowest BCUT2D eigenvalue weighted by Gasteiger charge is -2.10. The van der Waals surface area contributed by atoms with Crippen molar-refractivity contribution in [2.24, 2.45) is 7.05 Å². The Morgan fingerprint density at radius 1 is 1.03 bits per heavy atom. The number of rotatable bonds is 8. The van der Waals surface area contributed by atoms with Gasteiger partial charge in [0.1, 0.15) is 11.4 Å². The van der Waals surface area contributed by atoms with Crippen molar-refractivity contribution in [3.05, 3.63) is 93.3 Å². The van der Waals surface area contributed by atoms with Gasteiger partial charge in [-0.1, -0.05) is 18.2 Å². The van der Waals surface area contributed by atoms with Gasteiger partial charge in [-0.2, -0.15) is 0 Å². The molecule has 2 N–H and O–H groups in total. The lowest BCUT2D eigenvalue weighted by Crippen LogP contribution is -2.35. The third kappa shape index (κ3) is 5.15. The maximum Gasteiger partial charge on any atom is 0.339 e. The van der Waals surface area contributed by atoms with Gasteiger partial charge in [0, 0.05) is 37.5 Å². The number of ketones is 1. The summed E-state index contributed by atoms with van der Waals surface area (Å²) in [4.78, 5) is 60.4. The van der Waals surface area contributed by atoms with Gasteiger partial charge in [-0.05, 0) is 30.3 Å². The molecule has 11 heteroatoms. The standard InChI is InChI=1S/C23H20N4O7/c1-24-17-10-9-14(12-19(17)27(32)33)21(29)15-6-3-4-7-16(15)23(31)34-13-20(28)25-22(30)18-8-5-11-26(18)2/h3-12,24H,13H2,1-2H3,(H,25,28,30). The van der Waals surface area contributed by atoms with Crippen LogP contribution in [0.4, 0.5) is 11.4 Å². The number of anilines is 1. The van der Waals surface area contributed by atoms with Gasteiger partial charge in [-0.15, -0.1) is 0 Å². The first kappa shape index (κ1) is 23.9. The normalized spacial score (nSPS) is 10.3. The Labute approximate surface area is 193 Å². The first-order chi connectivity index (χ1) is 16.2. The molecule has 2 amide bonds. The molecule has 0 atom stereocenters. The number of nitrogens with zero attached hydrogens (tertiary/aromatic N) is 2. The average Bonchev–Trinajstić information content (AvgIpc) is 3.27.